The van der Waals surface area contributed by atoms with Gasteiger partial charge >= 0.3 is 0 Å². The summed E-state index contributed by atoms with van der Waals surface area (Å²) >= 11 is 0. The van der Waals surface area contributed by atoms with Crippen molar-refractivity contribution >= 4 is 15.9 Å². The van der Waals surface area contributed by atoms with E-state index in [0.29, 0.717) is 6.61 Å². The first-order valence-electron chi connectivity index (χ1n) is 6.39. The van der Waals surface area contributed by atoms with E-state index in [1.54, 1.807) is 0 Å². The summed E-state index contributed by atoms with van der Waals surface area (Å²) in [5, 5.41) is 2.85. The molecule has 0 spiro atoms. The Balaban J connectivity index is 1.79. The summed E-state index contributed by atoms with van der Waals surface area (Å²) in [7, 11) is -3.25. The normalized spacial score (nSPS) is 17.9. The van der Waals surface area contributed by atoms with Crippen LogP contribution >= 0.6 is 0 Å². The predicted molar refractivity (Wildman–Crippen MR) is 75.0 cm³/mol. The van der Waals surface area contributed by atoms with Crippen molar-refractivity contribution < 1.29 is 17.9 Å². The Labute approximate surface area is 118 Å². The number of hydrogen-bond donors (Lipinski definition) is 2. The quantitative estimate of drug-likeness (QED) is 0.804. The van der Waals surface area contributed by atoms with E-state index in [2.05, 4.69) is 10.0 Å². The van der Waals surface area contributed by atoms with Crippen LogP contribution in [0, 0.1) is 0 Å². The zero-order valence-corrected chi connectivity index (χ0v) is 12.1. The van der Waals surface area contributed by atoms with Gasteiger partial charge in [-0.1, -0.05) is 18.2 Å². The van der Waals surface area contributed by atoms with Gasteiger partial charge in [0.15, 0.2) is 0 Å². The maximum Gasteiger partial charge on any atom is 0.221 e. The summed E-state index contributed by atoms with van der Waals surface area (Å²) < 4.78 is 29.6. The zero-order chi connectivity index (χ0) is 14.6. The second-order valence-corrected chi connectivity index (χ2v) is 6.64. The molecule has 0 radical (unpaired) electrons. The van der Waals surface area contributed by atoms with Crippen LogP contribution in [0.1, 0.15) is 12.0 Å². The molecule has 6 nitrogen and oxygen atoms in total. The van der Waals surface area contributed by atoms with Gasteiger partial charge in [0.05, 0.1) is 12.3 Å². The molecule has 0 saturated carbocycles. The number of benzene rings is 1. The van der Waals surface area contributed by atoms with E-state index in [-0.39, 0.29) is 24.9 Å². The highest BCUT2D eigenvalue weighted by Gasteiger charge is 2.20. The summed E-state index contributed by atoms with van der Waals surface area (Å²) in [5.74, 6) is 0.672. The Bertz CT molecular complexity index is 586. The third kappa shape index (κ3) is 4.50. The average molecular weight is 298 g/mol. The van der Waals surface area contributed by atoms with Crippen molar-refractivity contribution in [2.45, 2.75) is 18.9 Å². The van der Waals surface area contributed by atoms with Crippen LogP contribution in [0.2, 0.25) is 0 Å². The van der Waals surface area contributed by atoms with Gasteiger partial charge in [-0.15, -0.1) is 0 Å². The summed E-state index contributed by atoms with van der Waals surface area (Å²) in [5.41, 5.74) is 1.07. The van der Waals surface area contributed by atoms with Gasteiger partial charge in [0.1, 0.15) is 12.4 Å². The standard InChI is InChI=1S/C13H18N2O4S/c1-20(17,18)14-7-6-13(16)15-11-8-10-4-2-3-5-12(10)19-9-11/h2-5,11,14H,6-9H2,1H3,(H,15,16). The number of nitrogens with one attached hydrogen (secondary N) is 2. The van der Waals surface area contributed by atoms with Gasteiger partial charge in [0.2, 0.25) is 15.9 Å². The second-order valence-electron chi connectivity index (χ2n) is 4.80. The van der Waals surface area contributed by atoms with Crippen molar-refractivity contribution in [2.24, 2.45) is 0 Å². The Morgan fingerprint density at radius 3 is 2.90 bits per heavy atom. The molecule has 0 aromatic heterocycles. The van der Waals surface area contributed by atoms with E-state index >= 15 is 0 Å². The molecule has 1 atom stereocenters. The second kappa shape index (κ2) is 6.23. The van der Waals surface area contributed by atoms with Crippen LogP contribution in [0.15, 0.2) is 24.3 Å². The maximum atomic E-state index is 11.7. The molecule has 0 saturated heterocycles. The van der Waals surface area contributed by atoms with Crippen molar-refractivity contribution in [3.8, 4) is 5.75 Å². The van der Waals surface area contributed by atoms with E-state index in [1.807, 2.05) is 24.3 Å². The minimum atomic E-state index is -3.25. The van der Waals surface area contributed by atoms with E-state index in [4.69, 9.17) is 4.74 Å². The summed E-state index contributed by atoms with van der Waals surface area (Å²) in [6.45, 7) is 0.539. The molecular formula is C13H18N2O4S. The highest BCUT2D eigenvalue weighted by atomic mass is 32.2. The van der Waals surface area contributed by atoms with Gasteiger partial charge in [0, 0.05) is 13.0 Å². The lowest BCUT2D eigenvalue weighted by atomic mass is 10.0. The molecule has 0 aliphatic carbocycles. The fraction of sp³-hybridized carbons (Fsp3) is 0.462. The van der Waals surface area contributed by atoms with Crippen LogP contribution in [-0.2, 0) is 21.2 Å². The van der Waals surface area contributed by atoms with E-state index in [0.717, 1.165) is 24.0 Å². The van der Waals surface area contributed by atoms with Crippen molar-refractivity contribution in [1.82, 2.24) is 10.0 Å². The summed E-state index contributed by atoms with van der Waals surface area (Å²) in [4.78, 5) is 11.7. The molecule has 1 aliphatic rings. The Hall–Kier alpha value is -1.60. The monoisotopic (exact) mass is 298 g/mol. The molecule has 1 aliphatic heterocycles. The first kappa shape index (κ1) is 14.8. The lowest BCUT2D eigenvalue weighted by Gasteiger charge is -2.26. The zero-order valence-electron chi connectivity index (χ0n) is 11.3. The molecule has 1 unspecified atom stereocenters. The molecule has 1 amide bonds. The molecule has 20 heavy (non-hydrogen) atoms. The third-order valence-electron chi connectivity index (χ3n) is 2.96. The van der Waals surface area contributed by atoms with Crippen LogP contribution in [0.25, 0.3) is 0 Å². The van der Waals surface area contributed by atoms with Crippen LogP contribution < -0.4 is 14.8 Å². The topological polar surface area (TPSA) is 84.5 Å². The largest absolute Gasteiger partial charge is 0.491 e. The van der Waals surface area contributed by atoms with E-state index < -0.39 is 10.0 Å². The molecule has 2 rings (SSSR count). The van der Waals surface area contributed by atoms with Crippen molar-refractivity contribution in [3.05, 3.63) is 29.8 Å². The van der Waals surface area contributed by atoms with Crippen LogP contribution in [0.5, 0.6) is 5.75 Å². The lowest BCUT2D eigenvalue weighted by molar-refractivity contribution is -0.121. The Kier molecular flexibility index (Phi) is 4.61. The fourth-order valence-electron chi connectivity index (χ4n) is 2.07. The number of sulfonamides is 1. The number of para-hydroxylation sites is 1. The molecule has 7 heteroatoms. The molecule has 0 fully saturated rings. The predicted octanol–water partition coefficient (Wildman–Crippen LogP) is 0.0456. The van der Waals surface area contributed by atoms with Crippen molar-refractivity contribution in [2.75, 3.05) is 19.4 Å². The summed E-state index contributed by atoms with van der Waals surface area (Å²) in [6.07, 6.45) is 1.91. The molecule has 1 aromatic carbocycles. The van der Waals surface area contributed by atoms with Gasteiger partial charge in [-0.3, -0.25) is 4.79 Å². The Morgan fingerprint density at radius 2 is 2.15 bits per heavy atom. The lowest BCUT2D eigenvalue weighted by Crippen LogP contribution is -2.43. The number of carbonyl (C=O) groups is 1. The van der Waals surface area contributed by atoms with E-state index in [1.165, 1.54) is 0 Å². The third-order valence-corrected chi connectivity index (χ3v) is 3.69. The molecule has 1 aromatic rings. The molecule has 2 N–H and O–H groups in total. The van der Waals surface area contributed by atoms with Gasteiger partial charge in [0.25, 0.3) is 0 Å². The Morgan fingerprint density at radius 1 is 1.40 bits per heavy atom. The average Bonchev–Trinajstić information content (AvgIpc) is 2.37. The number of amides is 1. The summed E-state index contributed by atoms with van der Waals surface area (Å²) in [6, 6.07) is 7.65. The molecule has 1 heterocycles. The molecule has 110 valence electrons. The van der Waals surface area contributed by atoms with Crippen molar-refractivity contribution in [1.29, 1.82) is 0 Å². The molecular weight excluding hydrogens is 280 g/mol. The van der Waals surface area contributed by atoms with E-state index in [9.17, 15) is 13.2 Å². The highest BCUT2D eigenvalue weighted by Crippen LogP contribution is 2.23. The van der Waals surface area contributed by atoms with Crippen LogP contribution in [0.3, 0.4) is 0 Å². The number of ether oxygens (including phenoxy) is 1. The molecule has 0 bridgehead atoms. The minimum Gasteiger partial charge on any atom is -0.491 e. The van der Waals surface area contributed by atoms with Gasteiger partial charge in [-0.25, -0.2) is 13.1 Å². The first-order valence-corrected chi connectivity index (χ1v) is 8.28. The maximum absolute atomic E-state index is 11.7. The smallest absolute Gasteiger partial charge is 0.221 e. The number of rotatable bonds is 5. The van der Waals surface area contributed by atoms with Gasteiger partial charge < -0.3 is 10.1 Å². The van der Waals surface area contributed by atoms with Gasteiger partial charge in [-0.2, -0.15) is 0 Å². The first-order chi connectivity index (χ1) is 9.44. The van der Waals surface area contributed by atoms with Crippen LogP contribution in [0.4, 0.5) is 0 Å². The van der Waals surface area contributed by atoms with Gasteiger partial charge in [-0.05, 0) is 18.1 Å². The number of fused-ring (bicyclic) bond motifs is 1. The SMILES string of the molecule is CS(=O)(=O)NCCC(=O)NC1COc2ccccc2C1. The highest BCUT2D eigenvalue weighted by molar-refractivity contribution is 7.88. The number of hydrogen-bond acceptors (Lipinski definition) is 4. The number of carbonyl (C=O) groups excluding carboxylic acids is 1. The minimum absolute atomic E-state index is 0.0735. The van der Waals surface area contributed by atoms with Crippen molar-refractivity contribution in [3.63, 3.8) is 0 Å². The van der Waals surface area contributed by atoms with Crippen LogP contribution in [-0.4, -0.2) is 39.8 Å². The fourth-order valence-corrected chi connectivity index (χ4v) is 2.54.